The van der Waals surface area contributed by atoms with Gasteiger partial charge in [-0.25, -0.2) is 0 Å². The smallest absolute Gasteiger partial charge is 0.0810 e. The summed E-state index contributed by atoms with van der Waals surface area (Å²) in [6, 6.07) is 2.02. The van der Waals surface area contributed by atoms with Crippen LogP contribution in [0.1, 0.15) is 23.3 Å². The first-order valence-corrected chi connectivity index (χ1v) is 7.56. The Morgan fingerprint density at radius 2 is 2.05 bits per heavy atom. The van der Waals surface area contributed by atoms with Crippen LogP contribution in [-0.2, 0) is 20.8 Å². The van der Waals surface area contributed by atoms with Crippen LogP contribution >= 0.6 is 11.3 Å². The minimum atomic E-state index is 0.109. The van der Waals surface area contributed by atoms with Crippen molar-refractivity contribution in [3.8, 4) is 11.8 Å². The van der Waals surface area contributed by atoms with E-state index in [0.717, 1.165) is 23.5 Å². The molecule has 0 radical (unpaired) electrons. The highest BCUT2D eigenvalue weighted by Gasteiger charge is 1.98. The third kappa shape index (κ3) is 8.31. The molecule has 5 heteroatoms. The van der Waals surface area contributed by atoms with Crippen LogP contribution in [0.3, 0.4) is 0 Å². The molecule has 0 saturated carbocycles. The van der Waals surface area contributed by atoms with Gasteiger partial charge in [0, 0.05) is 42.6 Å². The van der Waals surface area contributed by atoms with Crippen molar-refractivity contribution in [2.45, 2.75) is 19.4 Å². The van der Waals surface area contributed by atoms with Gasteiger partial charge in [0.05, 0.1) is 26.4 Å². The van der Waals surface area contributed by atoms with Gasteiger partial charge in [-0.3, -0.25) is 0 Å². The lowest BCUT2D eigenvalue weighted by atomic mass is 10.3. The second kappa shape index (κ2) is 11.9. The molecule has 112 valence electrons. The maximum absolute atomic E-state index is 8.65. The summed E-state index contributed by atoms with van der Waals surface area (Å²) in [5, 5.41) is 10.6. The van der Waals surface area contributed by atoms with Crippen molar-refractivity contribution in [2.75, 3.05) is 40.1 Å². The monoisotopic (exact) mass is 298 g/mol. The summed E-state index contributed by atoms with van der Waals surface area (Å²) in [5.74, 6) is 5.91. The molecule has 0 aromatic carbocycles. The maximum atomic E-state index is 8.65. The summed E-state index contributed by atoms with van der Waals surface area (Å²) in [7, 11) is 1.69. The summed E-state index contributed by atoms with van der Waals surface area (Å²) in [4.78, 5) is 1.15. The highest BCUT2D eigenvalue weighted by Crippen LogP contribution is 2.14. The average Bonchev–Trinajstić information content (AvgIpc) is 2.90. The molecule has 0 bridgehead atoms. The zero-order chi connectivity index (χ0) is 14.5. The van der Waals surface area contributed by atoms with E-state index in [-0.39, 0.29) is 6.61 Å². The number of ether oxygens (including phenoxy) is 3. The Hall–Kier alpha value is -0.900. The van der Waals surface area contributed by atoms with Crippen molar-refractivity contribution >= 4 is 11.3 Å². The van der Waals surface area contributed by atoms with Gasteiger partial charge in [0.1, 0.15) is 0 Å². The van der Waals surface area contributed by atoms with E-state index in [1.807, 2.05) is 11.4 Å². The molecular weight excluding hydrogens is 276 g/mol. The van der Waals surface area contributed by atoms with Crippen LogP contribution in [-0.4, -0.2) is 45.3 Å². The molecule has 0 aliphatic rings. The zero-order valence-corrected chi connectivity index (χ0v) is 12.7. The number of hydrogen-bond donors (Lipinski definition) is 1. The minimum Gasteiger partial charge on any atom is -0.395 e. The lowest BCUT2D eigenvalue weighted by Crippen LogP contribution is -2.06. The number of rotatable bonds is 10. The van der Waals surface area contributed by atoms with Crippen LogP contribution in [0, 0.1) is 11.8 Å². The Bertz CT molecular complexity index is 405. The second-order valence-corrected chi connectivity index (χ2v) is 5.08. The Labute approximate surface area is 124 Å². The number of aliphatic hydroxyl groups excluding tert-OH is 1. The summed E-state index contributed by atoms with van der Waals surface area (Å²) in [6.45, 7) is 3.34. The van der Waals surface area contributed by atoms with Crippen molar-refractivity contribution in [3.63, 3.8) is 0 Å². The van der Waals surface area contributed by atoms with Crippen molar-refractivity contribution in [1.29, 1.82) is 0 Å². The van der Waals surface area contributed by atoms with Crippen molar-refractivity contribution in [3.05, 3.63) is 21.9 Å². The van der Waals surface area contributed by atoms with E-state index in [2.05, 4.69) is 11.8 Å². The van der Waals surface area contributed by atoms with Crippen molar-refractivity contribution in [1.82, 2.24) is 0 Å². The Kier molecular flexibility index (Phi) is 10.2. The van der Waals surface area contributed by atoms with Crippen molar-refractivity contribution < 1.29 is 19.3 Å². The molecule has 20 heavy (non-hydrogen) atoms. The van der Waals surface area contributed by atoms with Gasteiger partial charge in [-0.15, -0.1) is 11.3 Å². The molecule has 0 saturated heterocycles. The molecule has 0 aliphatic heterocycles. The molecule has 0 unspecified atom stereocenters. The van der Waals surface area contributed by atoms with Crippen molar-refractivity contribution in [2.24, 2.45) is 0 Å². The number of hydrogen-bond acceptors (Lipinski definition) is 5. The first kappa shape index (κ1) is 17.2. The molecule has 0 fully saturated rings. The molecule has 0 spiro atoms. The number of aliphatic hydroxyl groups is 1. The lowest BCUT2D eigenvalue weighted by Gasteiger charge is -2.04. The molecule has 0 aliphatic carbocycles. The molecule has 0 amide bonds. The Morgan fingerprint density at radius 3 is 2.85 bits per heavy atom. The van der Waals surface area contributed by atoms with Gasteiger partial charge in [-0.2, -0.15) is 0 Å². The normalized spacial score (nSPS) is 10.3. The summed E-state index contributed by atoms with van der Waals surface area (Å²) in [5.41, 5.74) is 0.984. The topological polar surface area (TPSA) is 47.9 Å². The molecule has 1 heterocycles. The quantitative estimate of drug-likeness (QED) is 0.530. The highest BCUT2D eigenvalue weighted by atomic mass is 32.1. The van der Waals surface area contributed by atoms with Crippen LogP contribution in [0.15, 0.2) is 11.4 Å². The van der Waals surface area contributed by atoms with Gasteiger partial charge < -0.3 is 19.3 Å². The van der Waals surface area contributed by atoms with E-state index in [1.165, 1.54) is 0 Å². The minimum absolute atomic E-state index is 0.109. The predicted octanol–water partition coefficient (Wildman–Crippen LogP) is 2.05. The van der Waals surface area contributed by atoms with Gasteiger partial charge >= 0.3 is 0 Å². The highest BCUT2D eigenvalue weighted by molar-refractivity contribution is 7.10. The largest absolute Gasteiger partial charge is 0.395 e. The molecule has 4 nitrogen and oxygen atoms in total. The fourth-order valence-corrected chi connectivity index (χ4v) is 2.19. The van der Waals surface area contributed by atoms with Crippen LogP contribution in [0.2, 0.25) is 0 Å². The van der Waals surface area contributed by atoms with Crippen LogP contribution in [0.25, 0.3) is 0 Å². The van der Waals surface area contributed by atoms with E-state index in [4.69, 9.17) is 19.3 Å². The molecule has 1 rings (SSSR count). The van der Waals surface area contributed by atoms with Gasteiger partial charge in [0.15, 0.2) is 0 Å². The fraction of sp³-hybridized carbons (Fsp3) is 0.600. The summed E-state index contributed by atoms with van der Waals surface area (Å²) >= 11 is 1.64. The third-order valence-electron chi connectivity index (χ3n) is 2.38. The summed E-state index contributed by atoms with van der Waals surface area (Å²) < 4.78 is 15.9. The standard InChI is InChI=1S/C15H22O4S/c1-17-7-4-8-18-9-10-19-12-15-11-14(13-20-15)5-2-3-6-16/h11,13,16H,3-4,6-10,12H2,1H3. The first-order chi connectivity index (χ1) is 9.86. The Morgan fingerprint density at radius 1 is 1.20 bits per heavy atom. The first-order valence-electron chi connectivity index (χ1n) is 6.68. The van der Waals surface area contributed by atoms with E-state index in [0.29, 0.717) is 32.8 Å². The van der Waals surface area contributed by atoms with Gasteiger partial charge in [0.2, 0.25) is 0 Å². The maximum Gasteiger partial charge on any atom is 0.0810 e. The van der Waals surface area contributed by atoms with E-state index in [1.54, 1.807) is 18.4 Å². The molecular formula is C15H22O4S. The van der Waals surface area contributed by atoms with Gasteiger partial charge in [-0.1, -0.05) is 11.8 Å². The van der Waals surface area contributed by atoms with Gasteiger partial charge in [0.25, 0.3) is 0 Å². The average molecular weight is 298 g/mol. The SMILES string of the molecule is COCCCOCCOCc1cc(C#CCCO)cs1. The predicted molar refractivity (Wildman–Crippen MR) is 79.9 cm³/mol. The second-order valence-electron chi connectivity index (χ2n) is 4.09. The van der Waals surface area contributed by atoms with Gasteiger partial charge in [-0.05, 0) is 12.5 Å². The van der Waals surface area contributed by atoms with Crippen LogP contribution in [0.5, 0.6) is 0 Å². The zero-order valence-electron chi connectivity index (χ0n) is 11.9. The number of thiophene rings is 1. The Balaban J connectivity index is 2.06. The van der Waals surface area contributed by atoms with E-state index < -0.39 is 0 Å². The fourth-order valence-electron chi connectivity index (χ4n) is 1.44. The van der Waals surface area contributed by atoms with Crippen LogP contribution < -0.4 is 0 Å². The summed E-state index contributed by atoms with van der Waals surface area (Å²) in [6.07, 6.45) is 1.43. The third-order valence-corrected chi connectivity index (χ3v) is 3.29. The molecule has 1 N–H and O–H groups in total. The molecule has 1 aromatic heterocycles. The molecule has 1 aromatic rings. The number of methoxy groups -OCH3 is 1. The molecule has 0 atom stereocenters. The van der Waals surface area contributed by atoms with Crippen LogP contribution in [0.4, 0.5) is 0 Å². The lowest BCUT2D eigenvalue weighted by molar-refractivity contribution is 0.0344. The van der Waals surface area contributed by atoms with E-state index in [9.17, 15) is 0 Å². The van der Waals surface area contributed by atoms with E-state index >= 15 is 0 Å².